The molecule has 0 saturated carbocycles. The summed E-state index contributed by atoms with van der Waals surface area (Å²) in [5.74, 6) is -0.542. The van der Waals surface area contributed by atoms with Gasteiger partial charge in [-0.2, -0.15) is 0 Å². The molecule has 1 aromatic rings. The number of benzene rings is 1. The predicted molar refractivity (Wildman–Crippen MR) is 88.5 cm³/mol. The second-order valence-corrected chi connectivity index (χ2v) is 5.59. The Morgan fingerprint density at radius 2 is 2.18 bits per heavy atom. The highest BCUT2D eigenvalue weighted by Gasteiger charge is 2.16. The molecule has 10 heteroatoms. The third-order valence-electron chi connectivity index (χ3n) is 2.49. The van der Waals surface area contributed by atoms with Crippen molar-refractivity contribution in [2.45, 2.75) is 13.0 Å². The quantitative estimate of drug-likeness (QED) is 0.397. The molecular weight excluding hydrogens is 376 g/mol. The van der Waals surface area contributed by atoms with Crippen LogP contribution in [-0.4, -0.2) is 35.7 Å². The molecule has 120 valence electrons. The topological polar surface area (TPSA) is 106 Å². The van der Waals surface area contributed by atoms with Crippen LogP contribution in [0.5, 0.6) is 0 Å². The van der Waals surface area contributed by atoms with E-state index in [-0.39, 0.29) is 22.4 Å². The van der Waals surface area contributed by atoms with Crippen molar-refractivity contribution in [3.63, 3.8) is 0 Å². The average molecular weight is 391 g/mol. The smallest absolute Gasteiger partial charge is 0.284 e. The number of nitro benzene ring substituents is 1. The first-order valence-corrected chi connectivity index (χ1v) is 7.35. The Kier molecular flexibility index (Phi) is 7.15. The number of nitrogens with zero attached hydrogens (tertiary/aromatic N) is 1. The molecule has 1 aromatic carbocycles. The molecule has 0 bridgehead atoms. The highest BCUT2D eigenvalue weighted by atomic mass is 79.9. The minimum Gasteiger partial charge on any atom is -0.383 e. The number of ether oxygens (including phenoxy) is 1. The molecule has 22 heavy (non-hydrogen) atoms. The third-order valence-corrected chi connectivity index (χ3v) is 3.38. The molecule has 1 rings (SSSR count). The molecule has 3 N–H and O–H groups in total. The van der Waals surface area contributed by atoms with Gasteiger partial charge >= 0.3 is 0 Å². The highest BCUT2D eigenvalue weighted by molar-refractivity contribution is 9.10. The van der Waals surface area contributed by atoms with Gasteiger partial charge in [-0.15, -0.1) is 0 Å². The number of amides is 1. The van der Waals surface area contributed by atoms with Crippen LogP contribution in [0.3, 0.4) is 0 Å². The van der Waals surface area contributed by atoms with Crippen LogP contribution in [0.4, 0.5) is 5.69 Å². The van der Waals surface area contributed by atoms with E-state index in [1.54, 1.807) is 7.11 Å². The zero-order chi connectivity index (χ0) is 16.7. The van der Waals surface area contributed by atoms with E-state index in [2.05, 4.69) is 32.1 Å². The van der Waals surface area contributed by atoms with E-state index in [9.17, 15) is 14.9 Å². The number of nitrogens with one attached hydrogen (secondary N) is 3. The summed E-state index contributed by atoms with van der Waals surface area (Å²) < 4.78 is 5.24. The average Bonchev–Trinajstić information content (AvgIpc) is 2.45. The van der Waals surface area contributed by atoms with Crippen LogP contribution >= 0.6 is 28.1 Å². The van der Waals surface area contributed by atoms with Gasteiger partial charge in [-0.3, -0.25) is 25.8 Å². The Bertz CT molecular complexity index is 584. The van der Waals surface area contributed by atoms with Gasteiger partial charge in [0, 0.05) is 24.8 Å². The van der Waals surface area contributed by atoms with E-state index in [1.807, 2.05) is 6.92 Å². The first-order valence-electron chi connectivity index (χ1n) is 6.15. The molecular formula is C12H15BrN4O4S. The molecule has 0 heterocycles. The lowest BCUT2D eigenvalue weighted by atomic mass is 10.2. The molecule has 0 radical (unpaired) electrons. The Hall–Kier alpha value is -1.78. The van der Waals surface area contributed by atoms with Crippen molar-refractivity contribution in [1.29, 1.82) is 0 Å². The van der Waals surface area contributed by atoms with Crippen molar-refractivity contribution < 1.29 is 14.5 Å². The fourth-order valence-electron chi connectivity index (χ4n) is 1.53. The summed E-state index contributed by atoms with van der Waals surface area (Å²) >= 11 is 8.05. The lowest BCUT2D eigenvalue weighted by molar-refractivity contribution is -0.385. The van der Waals surface area contributed by atoms with E-state index in [4.69, 9.17) is 17.0 Å². The Morgan fingerprint density at radius 1 is 1.50 bits per heavy atom. The van der Waals surface area contributed by atoms with Crippen LogP contribution in [0.15, 0.2) is 22.7 Å². The molecule has 1 atom stereocenters. The summed E-state index contributed by atoms with van der Waals surface area (Å²) in [4.78, 5) is 22.2. The number of hydrazine groups is 1. The van der Waals surface area contributed by atoms with Gasteiger partial charge in [-0.25, -0.2) is 0 Å². The van der Waals surface area contributed by atoms with Gasteiger partial charge < -0.3 is 10.1 Å². The van der Waals surface area contributed by atoms with Crippen molar-refractivity contribution in [2.75, 3.05) is 13.7 Å². The number of rotatable bonds is 5. The highest BCUT2D eigenvalue weighted by Crippen LogP contribution is 2.25. The fourth-order valence-corrected chi connectivity index (χ4v) is 2.17. The Balaban J connectivity index is 2.61. The monoisotopic (exact) mass is 390 g/mol. The Morgan fingerprint density at radius 3 is 2.77 bits per heavy atom. The Labute approximate surface area is 140 Å². The van der Waals surface area contributed by atoms with E-state index in [0.717, 1.165) is 0 Å². The zero-order valence-electron chi connectivity index (χ0n) is 11.9. The molecule has 0 unspecified atom stereocenters. The minimum atomic E-state index is -0.576. The first-order chi connectivity index (χ1) is 10.3. The van der Waals surface area contributed by atoms with Crippen LogP contribution in [0.1, 0.15) is 17.3 Å². The number of methoxy groups -OCH3 is 1. The standard InChI is InChI=1S/C12H15BrN4O4S/c1-7(6-21-2)14-12(22)16-15-11(18)8-3-4-9(13)10(5-8)17(19)20/h3-5,7H,6H2,1-2H3,(H,15,18)(H2,14,16,22)/t7-/m0/s1. The molecule has 1 amide bonds. The van der Waals surface area contributed by atoms with E-state index in [0.29, 0.717) is 11.1 Å². The van der Waals surface area contributed by atoms with Gasteiger partial charge in [-0.1, -0.05) is 0 Å². The normalized spacial score (nSPS) is 11.4. The number of thiocarbonyl (C=S) groups is 1. The van der Waals surface area contributed by atoms with Crippen LogP contribution in [0.25, 0.3) is 0 Å². The summed E-state index contributed by atoms with van der Waals surface area (Å²) in [5.41, 5.74) is 4.82. The zero-order valence-corrected chi connectivity index (χ0v) is 14.3. The second kappa shape index (κ2) is 8.61. The predicted octanol–water partition coefficient (Wildman–Crippen LogP) is 1.50. The summed E-state index contributed by atoms with van der Waals surface area (Å²) in [6.45, 7) is 2.31. The van der Waals surface area contributed by atoms with Gasteiger partial charge in [0.2, 0.25) is 0 Å². The van der Waals surface area contributed by atoms with Crippen LogP contribution in [-0.2, 0) is 4.74 Å². The van der Waals surface area contributed by atoms with Crippen molar-refractivity contribution in [2.24, 2.45) is 0 Å². The minimum absolute atomic E-state index is 0.0318. The summed E-state index contributed by atoms with van der Waals surface area (Å²) in [7, 11) is 1.57. The number of carbonyl (C=O) groups is 1. The van der Waals surface area contributed by atoms with Crippen LogP contribution in [0.2, 0.25) is 0 Å². The summed E-state index contributed by atoms with van der Waals surface area (Å²) in [5, 5.41) is 13.9. The molecule has 0 aliphatic carbocycles. The van der Waals surface area contributed by atoms with Crippen LogP contribution in [0, 0.1) is 10.1 Å². The fraction of sp³-hybridized carbons (Fsp3) is 0.333. The number of halogens is 1. The number of carbonyl (C=O) groups excluding carboxylic acids is 1. The van der Waals surface area contributed by atoms with Crippen LogP contribution < -0.4 is 16.2 Å². The van der Waals surface area contributed by atoms with E-state index < -0.39 is 10.8 Å². The number of hydrogen-bond donors (Lipinski definition) is 3. The largest absolute Gasteiger partial charge is 0.383 e. The molecule has 0 fully saturated rings. The molecule has 0 aliphatic heterocycles. The first kappa shape index (κ1) is 18.3. The molecule has 0 spiro atoms. The maximum Gasteiger partial charge on any atom is 0.284 e. The van der Waals surface area contributed by atoms with Gasteiger partial charge in [-0.05, 0) is 47.2 Å². The number of nitro groups is 1. The third kappa shape index (κ3) is 5.54. The molecule has 0 aromatic heterocycles. The van der Waals surface area contributed by atoms with Crippen molar-refractivity contribution >= 4 is 44.9 Å². The van der Waals surface area contributed by atoms with Gasteiger partial charge in [0.05, 0.1) is 16.0 Å². The van der Waals surface area contributed by atoms with Crippen molar-refractivity contribution in [3.8, 4) is 0 Å². The van der Waals surface area contributed by atoms with Gasteiger partial charge in [0.15, 0.2) is 5.11 Å². The van der Waals surface area contributed by atoms with Gasteiger partial charge in [0.1, 0.15) is 0 Å². The van der Waals surface area contributed by atoms with Gasteiger partial charge in [0.25, 0.3) is 11.6 Å². The maximum absolute atomic E-state index is 11.9. The maximum atomic E-state index is 11.9. The van der Waals surface area contributed by atoms with Crippen molar-refractivity contribution in [3.05, 3.63) is 38.3 Å². The summed E-state index contributed by atoms with van der Waals surface area (Å²) in [6.07, 6.45) is 0. The van der Waals surface area contributed by atoms with E-state index >= 15 is 0 Å². The summed E-state index contributed by atoms with van der Waals surface area (Å²) in [6, 6.07) is 4.03. The SMILES string of the molecule is COC[C@H](C)NC(=S)NNC(=O)c1ccc(Br)c([N+](=O)[O-])c1. The second-order valence-electron chi connectivity index (χ2n) is 4.33. The molecule has 8 nitrogen and oxygen atoms in total. The molecule has 0 saturated heterocycles. The lowest BCUT2D eigenvalue weighted by Gasteiger charge is -2.16. The number of hydrogen-bond acceptors (Lipinski definition) is 5. The molecule has 0 aliphatic rings. The van der Waals surface area contributed by atoms with E-state index in [1.165, 1.54) is 18.2 Å². The van der Waals surface area contributed by atoms with Crippen molar-refractivity contribution in [1.82, 2.24) is 16.2 Å². The lowest BCUT2D eigenvalue weighted by Crippen LogP contribution is -2.49.